The van der Waals surface area contributed by atoms with Crippen molar-refractivity contribution in [3.05, 3.63) is 28.8 Å². The Kier molecular flexibility index (Phi) is 4.12. The second-order valence-electron chi connectivity index (χ2n) is 3.47. The first-order valence-electron chi connectivity index (χ1n) is 4.68. The molecule has 82 valence electrons. The molecule has 1 atom stereocenters. The van der Waals surface area contributed by atoms with Crippen LogP contribution < -0.4 is 4.90 Å². The number of aldehydes is 1. The minimum Gasteiger partial charge on any atom is -0.394 e. The van der Waals surface area contributed by atoms with Crippen molar-refractivity contribution < 1.29 is 9.90 Å². The number of anilines is 1. The van der Waals surface area contributed by atoms with E-state index in [1.54, 1.807) is 12.1 Å². The van der Waals surface area contributed by atoms with E-state index in [-0.39, 0.29) is 12.6 Å². The molecule has 0 aromatic heterocycles. The van der Waals surface area contributed by atoms with Gasteiger partial charge in [0.05, 0.1) is 11.6 Å². The maximum Gasteiger partial charge on any atom is 0.151 e. The number of hydrogen-bond acceptors (Lipinski definition) is 3. The maximum absolute atomic E-state index is 10.6. The SMILES string of the molecule is CC(CO)N(C)c1ccc(C=O)c(Cl)c1. The molecular formula is C11H14ClNO2. The lowest BCUT2D eigenvalue weighted by molar-refractivity contribution is 0.112. The second-order valence-corrected chi connectivity index (χ2v) is 3.87. The van der Waals surface area contributed by atoms with Crippen LogP contribution in [-0.4, -0.2) is 31.1 Å². The fourth-order valence-corrected chi connectivity index (χ4v) is 1.43. The molecule has 0 aliphatic rings. The monoisotopic (exact) mass is 227 g/mol. The van der Waals surface area contributed by atoms with Gasteiger partial charge >= 0.3 is 0 Å². The summed E-state index contributed by atoms with van der Waals surface area (Å²) in [6, 6.07) is 5.22. The highest BCUT2D eigenvalue weighted by atomic mass is 35.5. The summed E-state index contributed by atoms with van der Waals surface area (Å²) < 4.78 is 0. The Bertz CT molecular complexity index is 354. The van der Waals surface area contributed by atoms with Crippen molar-refractivity contribution in [1.82, 2.24) is 0 Å². The van der Waals surface area contributed by atoms with Gasteiger partial charge in [0.2, 0.25) is 0 Å². The van der Waals surface area contributed by atoms with Crippen LogP contribution >= 0.6 is 11.6 Å². The zero-order chi connectivity index (χ0) is 11.4. The van der Waals surface area contributed by atoms with E-state index in [0.29, 0.717) is 10.6 Å². The quantitative estimate of drug-likeness (QED) is 0.800. The van der Waals surface area contributed by atoms with Crippen molar-refractivity contribution >= 4 is 23.6 Å². The van der Waals surface area contributed by atoms with Crippen molar-refractivity contribution in [3.63, 3.8) is 0 Å². The minimum absolute atomic E-state index is 0.0168. The van der Waals surface area contributed by atoms with Gasteiger partial charge in [-0.3, -0.25) is 4.79 Å². The van der Waals surface area contributed by atoms with E-state index in [1.165, 1.54) is 0 Å². The molecular weight excluding hydrogens is 214 g/mol. The summed E-state index contributed by atoms with van der Waals surface area (Å²) in [5, 5.41) is 9.44. The Morgan fingerprint density at radius 3 is 2.73 bits per heavy atom. The summed E-state index contributed by atoms with van der Waals surface area (Å²) in [6.07, 6.45) is 0.724. The zero-order valence-electron chi connectivity index (χ0n) is 8.77. The molecule has 0 aliphatic heterocycles. The third-order valence-electron chi connectivity index (χ3n) is 2.44. The Hall–Kier alpha value is -1.06. The first-order valence-corrected chi connectivity index (χ1v) is 5.06. The molecule has 0 saturated carbocycles. The summed E-state index contributed by atoms with van der Waals surface area (Å²) in [6.45, 7) is 1.98. The topological polar surface area (TPSA) is 40.5 Å². The Morgan fingerprint density at radius 2 is 2.27 bits per heavy atom. The van der Waals surface area contributed by atoms with Crippen LogP contribution in [-0.2, 0) is 0 Å². The number of nitrogens with zero attached hydrogens (tertiary/aromatic N) is 1. The van der Waals surface area contributed by atoms with Gasteiger partial charge in [0.15, 0.2) is 6.29 Å². The van der Waals surface area contributed by atoms with E-state index in [0.717, 1.165) is 12.0 Å². The van der Waals surface area contributed by atoms with E-state index in [9.17, 15) is 4.79 Å². The van der Waals surface area contributed by atoms with Gasteiger partial charge in [0, 0.05) is 24.3 Å². The number of carbonyl (C=O) groups excluding carboxylic acids is 1. The highest BCUT2D eigenvalue weighted by Gasteiger charge is 2.10. The molecule has 3 nitrogen and oxygen atoms in total. The first kappa shape index (κ1) is 12.0. The van der Waals surface area contributed by atoms with Crippen LogP contribution in [0.5, 0.6) is 0 Å². The number of benzene rings is 1. The van der Waals surface area contributed by atoms with Gasteiger partial charge in [-0.2, -0.15) is 0 Å². The van der Waals surface area contributed by atoms with E-state index in [4.69, 9.17) is 16.7 Å². The predicted molar refractivity (Wildman–Crippen MR) is 61.8 cm³/mol. The lowest BCUT2D eigenvalue weighted by atomic mass is 10.2. The van der Waals surface area contributed by atoms with Crippen molar-refractivity contribution in [2.24, 2.45) is 0 Å². The molecule has 1 aromatic rings. The van der Waals surface area contributed by atoms with E-state index >= 15 is 0 Å². The third-order valence-corrected chi connectivity index (χ3v) is 2.77. The van der Waals surface area contributed by atoms with Crippen LogP contribution in [0.4, 0.5) is 5.69 Å². The fourth-order valence-electron chi connectivity index (χ4n) is 1.21. The highest BCUT2D eigenvalue weighted by molar-refractivity contribution is 6.33. The summed E-state index contributed by atoms with van der Waals surface area (Å²) in [5.74, 6) is 0. The van der Waals surface area contributed by atoms with Crippen LogP contribution in [0.3, 0.4) is 0 Å². The molecule has 1 rings (SSSR count). The van der Waals surface area contributed by atoms with Crippen molar-refractivity contribution in [2.45, 2.75) is 13.0 Å². The number of rotatable bonds is 4. The van der Waals surface area contributed by atoms with Crippen LogP contribution in [0.2, 0.25) is 5.02 Å². The van der Waals surface area contributed by atoms with Gasteiger partial charge in [-0.05, 0) is 25.1 Å². The number of aliphatic hydroxyl groups is 1. The van der Waals surface area contributed by atoms with E-state index < -0.39 is 0 Å². The largest absolute Gasteiger partial charge is 0.394 e. The van der Waals surface area contributed by atoms with Crippen LogP contribution in [0, 0.1) is 0 Å². The Labute approximate surface area is 94.3 Å². The molecule has 1 N–H and O–H groups in total. The number of likely N-dealkylation sites (N-methyl/N-ethyl adjacent to an activating group) is 1. The predicted octanol–water partition coefficient (Wildman–Crippen LogP) is 1.97. The molecule has 15 heavy (non-hydrogen) atoms. The average molecular weight is 228 g/mol. The lowest BCUT2D eigenvalue weighted by Crippen LogP contribution is -2.31. The smallest absolute Gasteiger partial charge is 0.151 e. The highest BCUT2D eigenvalue weighted by Crippen LogP contribution is 2.23. The van der Waals surface area contributed by atoms with Gasteiger partial charge in [0.25, 0.3) is 0 Å². The molecule has 0 saturated heterocycles. The van der Waals surface area contributed by atoms with Crippen molar-refractivity contribution in [1.29, 1.82) is 0 Å². The molecule has 0 aliphatic carbocycles. The first-order chi connectivity index (χ1) is 7.10. The van der Waals surface area contributed by atoms with Gasteiger partial charge < -0.3 is 10.0 Å². The molecule has 4 heteroatoms. The molecule has 0 bridgehead atoms. The molecule has 0 fully saturated rings. The summed E-state index contributed by atoms with van der Waals surface area (Å²) >= 11 is 5.90. The average Bonchev–Trinajstić information content (AvgIpc) is 2.26. The van der Waals surface area contributed by atoms with Gasteiger partial charge in [-0.15, -0.1) is 0 Å². The fraction of sp³-hybridized carbons (Fsp3) is 0.364. The molecule has 0 heterocycles. The van der Waals surface area contributed by atoms with Gasteiger partial charge in [-0.25, -0.2) is 0 Å². The number of aliphatic hydroxyl groups excluding tert-OH is 1. The second kappa shape index (κ2) is 5.14. The van der Waals surface area contributed by atoms with E-state index in [2.05, 4.69) is 0 Å². The van der Waals surface area contributed by atoms with Crippen LogP contribution in [0.1, 0.15) is 17.3 Å². The van der Waals surface area contributed by atoms with Crippen molar-refractivity contribution in [3.8, 4) is 0 Å². The summed E-state index contributed by atoms with van der Waals surface area (Å²) in [4.78, 5) is 12.5. The number of hydrogen-bond donors (Lipinski definition) is 1. The van der Waals surface area contributed by atoms with E-state index in [1.807, 2.05) is 24.9 Å². The maximum atomic E-state index is 10.6. The molecule has 0 spiro atoms. The molecule has 1 unspecified atom stereocenters. The van der Waals surface area contributed by atoms with Gasteiger partial charge in [-0.1, -0.05) is 11.6 Å². The Balaban J connectivity index is 2.96. The molecule has 1 aromatic carbocycles. The molecule has 0 amide bonds. The van der Waals surface area contributed by atoms with Crippen molar-refractivity contribution in [2.75, 3.05) is 18.6 Å². The number of halogens is 1. The lowest BCUT2D eigenvalue weighted by Gasteiger charge is -2.25. The van der Waals surface area contributed by atoms with Crippen LogP contribution in [0.15, 0.2) is 18.2 Å². The number of carbonyl (C=O) groups is 1. The zero-order valence-corrected chi connectivity index (χ0v) is 9.53. The summed E-state index contributed by atoms with van der Waals surface area (Å²) in [7, 11) is 1.87. The minimum atomic E-state index is 0.0168. The third kappa shape index (κ3) is 2.70. The standard InChI is InChI=1S/C11H14ClNO2/c1-8(6-14)13(2)10-4-3-9(7-15)11(12)5-10/h3-5,7-8,14H,6H2,1-2H3. The Morgan fingerprint density at radius 1 is 1.60 bits per heavy atom. The van der Waals surface area contributed by atoms with Crippen LogP contribution in [0.25, 0.3) is 0 Å². The summed E-state index contributed by atoms with van der Waals surface area (Å²) in [5.41, 5.74) is 1.36. The molecule has 0 radical (unpaired) electrons. The normalized spacial score (nSPS) is 12.3. The van der Waals surface area contributed by atoms with Gasteiger partial charge in [0.1, 0.15) is 0 Å².